The zero-order valence-corrected chi connectivity index (χ0v) is 9.38. The minimum atomic E-state index is -4.24. The molecule has 1 aromatic rings. The fourth-order valence-electron chi connectivity index (χ4n) is 1.05. The van der Waals surface area contributed by atoms with Gasteiger partial charge in [0, 0.05) is 13.2 Å². The van der Waals surface area contributed by atoms with E-state index in [4.69, 9.17) is 0 Å². The first-order chi connectivity index (χ1) is 8.36. The first-order valence-electron chi connectivity index (χ1n) is 4.95. The fraction of sp³-hybridized carbons (Fsp3) is 0.400. The number of hydrogen-bond acceptors (Lipinski definition) is 3. The molecule has 0 aliphatic rings. The first kappa shape index (κ1) is 14.2. The van der Waals surface area contributed by atoms with Crippen LogP contribution in [0.4, 0.5) is 23.4 Å². The highest BCUT2D eigenvalue weighted by molar-refractivity contribution is 5.94. The van der Waals surface area contributed by atoms with Crippen LogP contribution >= 0.6 is 0 Å². The van der Waals surface area contributed by atoms with Crippen LogP contribution in [-0.4, -0.2) is 36.8 Å². The van der Waals surface area contributed by atoms with Crippen molar-refractivity contribution in [1.29, 1.82) is 0 Å². The van der Waals surface area contributed by atoms with E-state index in [1.807, 2.05) is 0 Å². The SMILES string of the molecule is CNc1ccc(C(=O)NCC(F)(F)C(F)F)cn1. The lowest BCUT2D eigenvalue weighted by molar-refractivity contribution is -0.123. The number of alkyl halides is 4. The second kappa shape index (κ2) is 5.65. The fourth-order valence-corrected chi connectivity index (χ4v) is 1.05. The van der Waals surface area contributed by atoms with E-state index in [1.165, 1.54) is 12.1 Å². The summed E-state index contributed by atoms with van der Waals surface area (Å²) in [6, 6.07) is 2.80. The number of hydrogen-bond donors (Lipinski definition) is 2. The van der Waals surface area contributed by atoms with Crippen molar-refractivity contribution in [3.8, 4) is 0 Å². The van der Waals surface area contributed by atoms with E-state index in [0.29, 0.717) is 5.82 Å². The standard InChI is InChI=1S/C10H11F4N3O/c1-15-7-3-2-6(4-16-7)8(18)17-5-10(13,14)9(11)12/h2-4,9H,5H2,1H3,(H,15,16)(H,17,18). The molecule has 4 nitrogen and oxygen atoms in total. The number of carbonyl (C=O) groups excluding carboxylic acids is 1. The molecule has 0 aromatic carbocycles. The predicted molar refractivity (Wildman–Crippen MR) is 57.1 cm³/mol. The second-order valence-electron chi connectivity index (χ2n) is 3.43. The maximum absolute atomic E-state index is 12.6. The predicted octanol–water partition coefficient (Wildman–Crippen LogP) is 1.75. The third-order valence-corrected chi connectivity index (χ3v) is 2.09. The zero-order chi connectivity index (χ0) is 13.8. The van der Waals surface area contributed by atoms with E-state index in [9.17, 15) is 22.4 Å². The molecular formula is C10H11F4N3O. The van der Waals surface area contributed by atoms with Gasteiger partial charge in [0.2, 0.25) is 0 Å². The summed E-state index contributed by atoms with van der Waals surface area (Å²) in [5.41, 5.74) is 0.0130. The molecule has 0 fully saturated rings. The molecule has 100 valence electrons. The zero-order valence-electron chi connectivity index (χ0n) is 9.38. The maximum atomic E-state index is 12.6. The van der Waals surface area contributed by atoms with Gasteiger partial charge in [0.1, 0.15) is 5.82 Å². The van der Waals surface area contributed by atoms with Gasteiger partial charge in [-0.2, -0.15) is 8.78 Å². The summed E-state index contributed by atoms with van der Waals surface area (Å²) in [5, 5.41) is 4.43. The molecule has 0 unspecified atom stereocenters. The number of nitrogens with one attached hydrogen (secondary N) is 2. The highest BCUT2D eigenvalue weighted by Crippen LogP contribution is 2.21. The van der Waals surface area contributed by atoms with Gasteiger partial charge in [-0.05, 0) is 12.1 Å². The monoisotopic (exact) mass is 265 g/mol. The first-order valence-corrected chi connectivity index (χ1v) is 4.95. The van der Waals surface area contributed by atoms with Crippen molar-refractivity contribution >= 4 is 11.7 Å². The molecule has 1 amide bonds. The summed E-state index contributed by atoms with van der Waals surface area (Å²) in [6.45, 7) is -1.42. The number of pyridine rings is 1. The van der Waals surface area contributed by atoms with Gasteiger partial charge in [-0.1, -0.05) is 0 Å². The molecule has 1 aromatic heterocycles. The minimum absolute atomic E-state index is 0.0130. The molecular weight excluding hydrogens is 254 g/mol. The largest absolute Gasteiger partial charge is 0.373 e. The third kappa shape index (κ3) is 3.57. The molecule has 1 rings (SSSR count). The molecule has 2 N–H and O–H groups in total. The van der Waals surface area contributed by atoms with E-state index in [0.717, 1.165) is 6.20 Å². The van der Waals surface area contributed by atoms with Crippen LogP contribution in [0, 0.1) is 0 Å². The van der Waals surface area contributed by atoms with Crippen LogP contribution in [0.15, 0.2) is 18.3 Å². The quantitative estimate of drug-likeness (QED) is 0.797. The van der Waals surface area contributed by atoms with Crippen molar-refractivity contribution in [3.63, 3.8) is 0 Å². The van der Waals surface area contributed by atoms with Crippen LogP contribution < -0.4 is 10.6 Å². The summed E-state index contributed by atoms with van der Waals surface area (Å²) in [4.78, 5) is 15.2. The number of rotatable bonds is 5. The summed E-state index contributed by atoms with van der Waals surface area (Å²) >= 11 is 0. The van der Waals surface area contributed by atoms with Gasteiger partial charge >= 0.3 is 12.3 Å². The Kier molecular flexibility index (Phi) is 4.46. The lowest BCUT2D eigenvalue weighted by Crippen LogP contribution is -2.41. The Labute approximate surface area is 100 Å². The van der Waals surface area contributed by atoms with E-state index in [1.54, 1.807) is 12.4 Å². The van der Waals surface area contributed by atoms with Gasteiger partial charge < -0.3 is 10.6 Å². The summed E-state index contributed by atoms with van der Waals surface area (Å²) in [7, 11) is 1.62. The normalized spacial score (nSPS) is 11.4. The van der Waals surface area contributed by atoms with E-state index < -0.39 is 24.8 Å². The van der Waals surface area contributed by atoms with E-state index in [2.05, 4.69) is 10.3 Å². The molecule has 8 heteroatoms. The number of halogens is 4. The molecule has 0 spiro atoms. The molecule has 1 heterocycles. The lowest BCUT2D eigenvalue weighted by Gasteiger charge is -2.15. The van der Waals surface area contributed by atoms with Gasteiger partial charge in [-0.25, -0.2) is 13.8 Å². The molecule has 0 saturated carbocycles. The highest BCUT2D eigenvalue weighted by Gasteiger charge is 2.40. The van der Waals surface area contributed by atoms with E-state index in [-0.39, 0.29) is 5.56 Å². The highest BCUT2D eigenvalue weighted by atomic mass is 19.3. The van der Waals surface area contributed by atoms with E-state index >= 15 is 0 Å². The smallest absolute Gasteiger partial charge is 0.324 e. The molecule has 18 heavy (non-hydrogen) atoms. The maximum Gasteiger partial charge on any atom is 0.324 e. The van der Waals surface area contributed by atoms with Crippen LogP contribution in [0.5, 0.6) is 0 Å². The van der Waals surface area contributed by atoms with Crippen LogP contribution in [0.25, 0.3) is 0 Å². The summed E-state index contributed by atoms with van der Waals surface area (Å²) in [6.07, 6.45) is -2.66. The van der Waals surface area contributed by atoms with Crippen LogP contribution in [0.1, 0.15) is 10.4 Å². The Balaban J connectivity index is 2.60. The molecule has 0 saturated heterocycles. The Bertz CT molecular complexity index is 408. The van der Waals surface area contributed by atoms with Crippen molar-refractivity contribution in [2.75, 3.05) is 18.9 Å². The van der Waals surface area contributed by atoms with Crippen molar-refractivity contribution in [2.24, 2.45) is 0 Å². The Morgan fingerprint density at radius 2 is 2.11 bits per heavy atom. The lowest BCUT2D eigenvalue weighted by atomic mass is 10.2. The molecule has 0 bridgehead atoms. The average molecular weight is 265 g/mol. The van der Waals surface area contributed by atoms with Gasteiger partial charge in [0.15, 0.2) is 0 Å². The van der Waals surface area contributed by atoms with Crippen molar-refractivity contribution in [2.45, 2.75) is 12.3 Å². The van der Waals surface area contributed by atoms with Crippen molar-refractivity contribution < 1.29 is 22.4 Å². The van der Waals surface area contributed by atoms with Gasteiger partial charge in [0.25, 0.3) is 5.91 Å². The van der Waals surface area contributed by atoms with Crippen LogP contribution in [0.3, 0.4) is 0 Å². The number of aromatic nitrogens is 1. The second-order valence-corrected chi connectivity index (χ2v) is 3.43. The Hall–Kier alpha value is -1.86. The average Bonchev–Trinajstić information content (AvgIpc) is 2.36. The van der Waals surface area contributed by atoms with Gasteiger partial charge in [-0.3, -0.25) is 4.79 Å². The Morgan fingerprint density at radius 1 is 1.44 bits per heavy atom. The third-order valence-electron chi connectivity index (χ3n) is 2.09. The van der Waals surface area contributed by atoms with Crippen LogP contribution in [0.2, 0.25) is 0 Å². The summed E-state index contributed by atoms with van der Waals surface area (Å²) < 4.78 is 48.8. The number of anilines is 1. The number of carbonyl (C=O) groups is 1. The topological polar surface area (TPSA) is 54.0 Å². The van der Waals surface area contributed by atoms with Gasteiger partial charge in [-0.15, -0.1) is 0 Å². The van der Waals surface area contributed by atoms with Gasteiger partial charge in [0.05, 0.1) is 12.1 Å². The van der Waals surface area contributed by atoms with Crippen LogP contribution in [-0.2, 0) is 0 Å². The molecule has 0 atom stereocenters. The van der Waals surface area contributed by atoms with Crippen molar-refractivity contribution in [3.05, 3.63) is 23.9 Å². The molecule has 0 aliphatic carbocycles. The summed E-state index contributed by atoms with van der Waals surface area (Å²) in [5.74, 6) is -4.64. The molecule has 0 aliphatic heterocycles. The Morgan fingerprint density at radius 3 is 2.56 bits per heavy atom. The number of nitrogens with zero attached hydrogens (tertiary/aromatic N) is 1. The number of amides is 1. The molecule has 0 radical (unpaired) electrons. The van der Waals surface area contributed by atoms with Crippen molar-refractivity contribution in [1.82, 2.24) is 10.3 Å². The minimum Gasteiger partial charge on any atom is -0.373 e.